The third-order valence-corrected chi connectivity index (χ3v) is 4.46. The Balaban J connectivity index is 0.00000288. The Labute approximate surface area is 147 Å². The van der Waals surface area contributed by atoms with Gasteiger partial charge in [-0.1, -0.05) is 0 Å². The van der Waals surface area contributed by atoms with E-state index in [0.717, 1.165) is 11.3 Å². The summed E-state index contributed by atoms with van der Waals surface area (Å²) in [7, 11) is 0. The monoisotopic (exact) mass is 386 g/mol. The minimum absolute atomic E-state index is 0. The van der Waals surface area contributed by atoms with Crippen LogP contribution in [0.5, 0.6) is 0 Å². The molecule has 0 aromatic carbocycles. The molecule has 136 valence electrons. The number of hydrogen-bond acceptors (Lipinski definition) is 5. The summed E-state index contributed by atoms with van der Waals surface area (Å²) in [5.41, 5.74) is 5.24. The van der Waals surface area contributed by atoms with Crippen molar-refractivity contribution in [3.63, 3.8) is 0 Å². The summed E-state index contributed by atoms with van der Waals surface area (Å²) in [5, 5.41) is 6.68. The molecule has 1 aromatic rings. The average molecular weight is 387 g/mol. The number of nitrogens with zero attached hydrogens (tertiary/aromatic N) is 1. The van der Waals surface area contributed by atoms with Crippen molar-refractivity contribution >= 4 is 35.6 Å². The summed E-state index contributed by atoms with van der Waals surface area (Å²) in [6.07, 6.45) is -4.43. The fourth-order valence-corrected chi connectivity index (χ4v) is 3.12. The number of alkyl halides is 3. The zero-order chi connectivity index (χ0) is 17.0. The summed E-state index contributed by atoms with van der Waals surface area (Å²) >= 11 is 0.963. The highest BCUT2D eigenvalue weighted by Crippen LogP contribution is 2.25. The van der Waals surface area contributed by atoms with E-state index in [1.54, 1.807) is 0 Å². The highest BCUT2D eigenvalue weighted by atomic mass is 35.5. The molecule has 24 heavy (non-hydrogen) atoms. The van der Waals surface area contributed by atoms with Crippen LogP contribution >= 0.6 is 23.7 Å². The van der Waals surface area contributed by atoms with Crippen molar-refractivity contribution in [3.05, 3.63) is 21.9 Å². The average Bonchev–Trinajstić information content (AvgIpc) is 2.97. The third-order valence-electron chi connectivity index (χ3n) is 3.53. The van der Waals surface area contributed by atoms with Gasteiger partial charge in [0.2, 0.25) is 5.91 Å². The number of halogens is 4. The maximum Gasteiger partial charge on any atom is 0.405 e. The van der Waals surface area contributed by atoms with Crippen molar-refractivity contribution in [1.82, 2.24) is 15.5 Å². The lowest BCUT2D eigenvalue weighted by atomic mass is 10.2. The van der Waals surface area contributed by atoms with Gasteiger partial charge in [-0.2, -0.15) is 13.2 Å². The van der Waals surface area contributed by atoms with Gasteiger partial charge in [0.1, 0.15) is 6.04 Å². The fraction of sp³-hybridized carbons (Fsp3) is 0.538. The highest BCUT2D eigenvalue weighted by Gasteiger charge is 2.43. The lowest BCUT2D eigenvalue weighted by Gasteiger charge is -2.35. The van der Waals surface area contributed by atoms with Crippen LogP contribution in [0.4, 0.5) is 13.2 Å². The van der Waals surface area contributed by atoms with E-state index in [-0.39, 0.29) is 35.9 Å². The lowest BCUT2D eigenvalue weighted by molar-refractivity contribution is -0.183. The number of thiophene rings is 1. The van der Waals surface area contributed by atoms with Crippen LogP contribution in [0.1, 0.15) is 20.0 Å². The van der Waals surface area contributed by atoms with Crippen molar-refractivity contribution in [2.45, 2.75) is 12.2 Å². The molecular formula is C13H18ClF3N4O2S. The van der Waals surface area contributed by atoms with Gasteiger partial charge in [0.05, 0.1) is 10.4 Å². The molecule has 1 saturated heterocycles. The summed E-state index contributed by atoms with van der Waals surface area (Å²) < 4.78 is 39.6. The zero-order valence-electron chi connectivity index (χ0n) is 12.6. The number of amides is 2. The van der Waals surface area contributed by atoms with Crippen LogP contribution in [0.15, 0.2) is 11.4 Å². The van der Waals surface area contributed by atoms with Crippen LogP contribution < -0.4 is 16.4 Å². The molecule has 0 bridgehead atoms. The number of rotatable bonds is 5. The van der Waals surface area contributed by atoms with Crippen LogP contribution in [-0.2, 0) is 0 Å². The number of hydrogen-bond donors (Lipinski definition) is 3. The third kappa shape index (κ3) is 5.33. The van der Waals surface area contributed by atoms with E-state index in [1.807, 2.05) is 0 Å². The summed E-state index contributed by atoms with van der Waals surface area (Å²) in [6, 6.07) is -0.459. The van der Waals surface area contributed by atoms with Crippen molar-refractivity contribution < 1.29 is 22.8 Å². The molecule has 1 aromatic heterocycles. The highest BCUT2D eigenvalue weighted by molar-refractivity contribution is 7.12. The van der Waals surface area contributed by atoms with E-state index >= 15 is 0 Å². The van der Waals surface area contributed by atoms with Crippen LogP contribution in [0.25, 0.3) is 0 Å². The molecule has 1 aliphatic rings. The molecule has 1 fully saturated rings. The molecule has 1 unspecified atom stereocenters. The fourth-order valence-electron chi connectivity index (χ4n) is 2.31. The van der Waals surface area contributed by atoms with Gasteiger partial charge in [-0.05, 0) is 6.07 Å². The largest absolute Gasteiger partial charge is 0.405 e. The molecule has 0 saturated carbocycles. The Morgan fingerprint density at radius 3 is 2.50 bits per heavy atom. The molecule has 2 rings (SSSR count). The Morgan fingerprint density at radius 1 is 1.38 bits per heavy atom. The Bertz CT molecular complexity index is 576. The van der Waals surface area contributed by atoms with Crippen LogP contribution in [0.3, 0.4) is 0 Å². The molecule has 0 aliphatic carbocycles. The smallest absolute Gasteiger partial charge is 0.366 e. The molecule has 0 radical (unpaired) electrons. The second-order valence-electron chi connectivity index (χ2n) is 5.12. The Hall–Kier alpha value is -1.36. The quantitative estimate of drug-likeness (QED) is 0.699. The first-order valence-electron chi connectivity index (χ1n) is 6.97. The second-order valence-corrected chi connectivity index (χ2v) is 6.03. The van der Waals surface area contributed by atoms with Gasteiger partial charge < -0.3 is 16.4 Å². The van der Waals surface area contributed by atoms with Crippen LogP contribution in [0, 0.1) is 0 Å². The van der Waals surface area contributed by atoms with Gasteiger partial charge in [-0.3, -0.25) is 14.5 Å². The minimum atomic E-state index is -4.43. The summed E-state index contributed by atoms with van der Waals surface area (Å²) in [5.74, 6) is -1.33. The van der Waals surface area contributed by atoms with Crippen LogP contribution in [0.2, 0.25) is 0 Å². The van der Waals surface area contributed by atoms with E-state index in [1.165, 1.54) is 16.3 Å². The topological polar surface area (TPSA) is 87.5 Å². The summed E-state index contributed by atoms with van der Waals surface area (Å²) in [6.45, 7) is 0.961. The standard InChI is InChI=1S/C13H17F3N4O2S.ClH/c14-13(15,16)10(20-3-1-18-2-4-20)6-19-12(22)9-5-8(7-23-9)11(17)21;/h5,7,10,18H,1-4,6H2,(H2,17,21)(H,19,22);1H. The molecule has 11 heteroatoms. The van der Waals surface area contributed by atoms with Gasteiger partial charge in [-0.25, -0.2) is 0 Å². The molecule has 2 heterocycles. The van der Waals surface area contributed by atoms with Crippen molar-refractivity contribution in [2.75, 3.05) is 32.7 Å². The predicted molar refractivity (Wildman–Crippen MR) is 86.7 cm³/mol. The van der Waals surface area contributed by atoms with Gasteiger partial charge in [-0.15, -0.1) is 23.7 Å². The number of nitrogens with two attached hydrogens (primary N) is 1. The maximum atomic E-state index is 13.2. The second kappa shape index (κ2) is 8.65. The van der Waals surface area contributed by atoms with Crippen LogP contribution in [-0.4, -0.2) is 61.7 Å². The first-order valence-corrected chi connectivity index (χ1v) is 7.85. The van der Waals surface area contributed by atoms with E-state index in [4.69, 9.17) is 5.73 Å². The van der Waals surface area contributed by atoms with Crippen molar-refractivity contribution in [2.24, 2.45) is 5.73 Å². The number of piperazine rings is 1. The number of carbonyl (C=O) groups excluding carboxylic acids is 2. The zero-order valence-corrected chi connectivity index (χ0v) is 14.2. The van der Waals surface area contributed by atoms with E-state index in [9.17, 15) is 22.8 Å². The van der Waals surface area contributed by atoms with Gasteiger partial charge in [0.15, 0.2) is 0 Å². The molecule has 4 N–H and O–H groups in total. The van der Waals surface area contributed by atoms with E-state index in [0.29, 0.717) is 13.1 Å². The molecule has 1 aliphatic heterocycles. The first kappa shape index (κ1) is 20.7. The molecule has 6 nitrogen and oxygen atoms in total. The molecular weight excluding hydrogens is 369 g/mol. The Morgan fingerprint density at radius 2 is 2.00 bits per heavy atom. The minimum Gasteiger partial charge on any atom is -0.366 e. The maximum absolute atomic E-state index is 13.2. The van der Waals surface area contributed by atoms with Gasteiger partial charge in [0, 0.05) is 38.1 Å². The van der Waals surface area contributed by atoms with Crippen molar-refractivity contribution in [1.29, 1.82) is 0 Å². The van der Waals surface area contributed by atoms with Crippen molar-refractivity contribution in [3.8, 4) is 0 Å². The van der Waals surface area contributed by atoms with Gasteiger partial charge in [0.25, 0.3) is 5.91 Å². The Kier molecular flexibility index (Phi) is 7.46. The summed E-state index contributed by atoms with van der Waals surface area (Å²) in [4.78, 5) is 24.4. The normalized spacial score (nSPS) is 17.0. The van der Waals surface area contributed by atoms with E-state index < -0.39 is 30.6 Å². The number of nitrogens with one attached hydrogen (secondary N) is 2. The number of carbonyl (C=O) groups is 2. The van der Waals surface area contributed by atoms with Gasteiger partial charge >= 0.3 is 6.18 Å². The molecule has 1 atom stereocenters. The predicted octanol–water partition coefficient (Wildman–Crippen LogP) is 0.835. The molecule has 0 spiro atoms. The molecule has 2 amide bonds. The van der Waals surface area contributed by atoms with E-state index in [2.05, 4.69) is 10.6 Å². The number of primary amides is 1. The first-order chi connectivity index (χ1) is 10.8. The lowest BCUT2D eigenvalue weighted by Crippen LogP contribution is -2.57. The SMILES string of the molecule is Cl.NC(=O)c1csc(C(=O)NCC(N2CCNCC2)C(F)(F)F)c1.